The molecule has 5 nitrogen and oxygen atoms in total. The number of benzene rings is 1. The Balaban J connectivity index is 2.21. The predicted octanol–water partition coefficient (Wildman–Crippen LogP) is 3.84. The largest absolute Gasteiger partial charge is 0.367 e. The fraction of sp³-hybridized carbons (Fsp3) is 0.278. The minimum atomic E-state index is 0.286. The fourth-order valence-corrected chi connectivity index (χ4v) is 2.64. The first kappa shape index (κ1) is 15.2. The number of hydrogen-bond donors (Lipinski definition) is 1. The van der Waals surface area contributed by atoms with Crippen molar-refractivity contribution in [1.82, 2.24) is 20.0 Å². The van der Waals surface area contributed by atoms with E-state index in [-0.39, 0.29) is 6.04 Å². The molecule has 2 aromatic heterocycles. The molecule has 0 aliphatic carbocycles. The van der Waals surface area contributed by atoms with Crippen molar-refractivity contribution in [3.63, 3.8) is 0 Å². The van der Waals surface area contributed by atoms with Crippen molar-refractivity contribution >= 4 is 22.9 Å². The van der Waals surface area contributed by atoms with Gasteiger partial charge in [-0.2, -0.15) is 4.68 Å². The zero-order valence-corrected chi connectivity index (χ0v) is 13.7. The van der Waals surface area contributed by atoms with Crippen molar-refractivity contribution in [2.45, 2.75) is 33.2 Å². The van der Waals surface area contributed by atoms with Crippen LogP contribution in [0, 0.1) is 0 Å². The van der Waals surface area contributed by atoms with Gasteiger partial charge in [-0.05, 0) is 44.0 Å². The third kappa shape index (κ3) is 2.82. The average Bonchev–Trinajstić information content (AvgIpc) is 2.97. The van der Waals surface area contributed by atoms with E-state index in [1.165, 1.54) is 5.56 Å². The number of pyridine rings is 1. The van der Waals surface area contributed by atoms with Crippen molar-refractivity contribution in [3.05, 3.63) is 48.0 Å². The van der Waals surface area contributed by atoms with Crippen LogP contribution in [0.15, 0.2) is 36.9 Å². The molecule has 0 radical (unpaired) electrons. The van der Waals surface area contributed by atoms with Crippen LogP contribution in [-0.2, 0) is 6.42 Å². The van der Waals surface area contributed by atoms with Gasteiger partial charge in [-0.1, -0.05) is 36.9 Å². The highest BCUT2D eigenvalue weighted by atomic mass is 15.4. The van der Waals surface area contributed by atoms with E-state index in [1.54, 1.807) is 4.68 Å². The summed E-state index contributed by atoms with van der Waals surface area (Å²) in [6.45, 7) is 10.3. The van der Waals surface area contributed by atoms with Crippen molar-refractivity contribution in [2.75, 3.05) is 5.32 Å². The van der Waals surface area contributed by atoms with E-state index in [9.17, 15) is 0 Å². The summed E-state index contributed by atoms with van der Waals surface area (Å²) >= 11 is 0. The number of hydrogen-bond acceptors (Lipinski definition) is 4. The van der Waals surface area contributed by atoms with Crippen molar-refractivity contribution in [2.24, 2.45) is 0 Å². The Morgan fingerprint density at radius 1 is 1.30 bits per heavy atom. The molecular weight excluding hydrogens is 286 g/mol. The molecule has 0 fully saturated rings. The molecule has 0 spiro atoms. The number of nitrogens with one attached hydrogen (secondary N) is 1. The molecule has 0 atom stereocenters. The molecule has 118 valence electrons. The van der Waals surface area contributed by atoms with Crippen LogP contribution in [-0.4, -0.2) is 26.0 Å². The summed E-state index contributed by atoms with van der Waals surface area (Å²) in [7, 11) is 0. The minimum Gasteiger partial charge on any atom is -0.367 e. The van der Waals surface area contributed by atoms with E-state index < -0.39 is 0 Å². The first-order chi connectivity index (χ1) is 11.1. The van der Waals surface area contributed by atoms with Gasteiger partial charge < -0.3 is 5.32 Å². The molecule has 0 aliphatic heterocycles. The molecule has 0 aliphatic rings. The van der Waals surface area contributed by atoms with Gasteiger partial charge in [0, 0.05) is 11.6 Å². The standard InChI is InChI=1S/C18H21N5/c1-5-13-11-17(20-18(14(13)6-2)19-12(3)4)23-16-10-8-7-9-15(16)21-22-23/h6-12H,2,5H2,1,3-4H3,(H,19,20). The lowest BCUT2D eigenvalue weighted by Crippen LogP contribution is -2.15. The summed E-state index contributed by atoms with van der Waals surface area (Å²) in [4.78, 5) is 4.76. The zero-order valence-electron chi connectivity index (χ0n) is 13.7. The third-order valence-corrected chi connectivity index (χ3v) is 3.71. The van der Waals surface area contributed by atoms with Crippen molar-refractivity contribution < 1.29 is 0 Å². The lowest BCUT2D eigenvalue weighted by Gasteiger charge is -2.16. The lowest BCUT2D eigenvalue weighted by atomic mass is 10.1. The molecule has 0 amide bonds. The van der Waals surface area contributed by atoms with Crippen LogP contribution in [0.25, 0.3) is 22.9 Å². The highest BCUT2D eigenvalue weighted by Crippen LogP contribution is 2.25. The molecule has 0 saturated heterocycles. The van der Waals surface area contributed by atoms with Gasteiger partial charge in [0.05, 0.1) is 5.52 Å². The SMILES string of the molecule is C=Cc1c(CC)cc(-n2nnc3ccccc32)nc1NC(C)C. The van der Waals surface area contributed by atoms with Crippen LogP contribution in [0.4, 0.5) is 5.82 Å². The first-order valence-corrected chi connectivity index (χ1v) is 7.87. The van der Waals surface area contributed by atoms with Crippen LogP contribution in [0.1, 0.15) is 31.9 Å². The number of rotatable bonds is 5. The average molecular weight is 307 g/mol. The van der Waals surface area contributed by atoms with E-state index in [0.717, 1.165) is 34.7 Å². The minimum absolute atomic E-state index is 0.286. The second kappa shape index (κ2) is 6.20. The topological polar surface area (TPSA) is 55.6 Å². The van der Waals surface area contributed by atoms with Crippen LogP contribution in [0.5, 0.6) is 0 Å². The Hall–Kier alpha value is -2.69. The number of nitrogens with zero attached hydrogens (tertiary/aromatic N) is 4. The maximum Gasteiger partial charge on any atom is 0.158 e. The van der Waals surface area contributed by atoms with Gasteiger partial charge in [0.1, 0.15) is 11.3 Å². The Labute approximate surface area is 136 Å². The molecule has 0 unspecified atom stereocenters. The maximum atomic E-state index is 4.76. The molecule has 3 aromatic rings. The van der Waals surface area contributed by atoms with E-state index >= 15 is 0 Å². The van der Waals surface area contributed by atoms with Crippen LogP contribution >= 0.6 is 0 Å². The lowest BCUT2D eigenvalue weighted by molar-refractivity contribution is 0.795. The predicted molar refractivity (Wildman–Crippen MR) is 94.9 cm³/mol. The summed E-state index contributed by atoms with van der Waals surface area (Å²) in [5, 5.41) is 11.9. The highest BCUT2D eigenvalue weighted by molar-refractivity contribution is 5.76. The van der Waals surface area contributed by atoms with E-state index in [4.69, 9.17) is 4.98 Å². The number of aryl methyl sites for hydroxylation is 1. The molecule has 0 saturated carbocycles. The van der Waals surface area contributed by atoms with Crippen LogP contribution in [0.2, 0.25) is 0 Å². The molecule has 3 rings (SSSR count). The number of anilines is 1. The van der Waals surface area contributed by atoms with Crippen LogP contribution in [0.3, 0.4) is 0 Å². The van der Waals surface area contributed by atoms with E-state index in [2.05, 4.69) is 49.0 Å². The Kier molecular flexibility index (Phi) is 4.10. The van der Waals surface area contributed by atoms with Crippen LogP contribution < -0.4 is 5.32 Å². The Morgan fingerprint density at radius 2 is 2.09 bits per heavy atom. The number of para-hydroxylation sites is 1. The van der Waals surface area contributed by atoms with Gasteiger partial charge >= 0.3 is 0 Å². The second-order valence-corrected chi connectivity index (χ2v) is 5.75. The van der Waals surface area contributed by atoms with Gasteiger partial charge in [-0.25, -0.2) is 4.98 Å². The normalized spacial score (nSPS) is 11.1. The Bertz CT molecular complexity index is 848. The monoisotopic (exact) mass is 307 g/mol. The quantitative estimate of drug-likeness (QED) is 0.778. The summed E-state index contributed by atoms with van der Waals surface area (Å²) < 4.78 is 1.78. The van der Waals surface area contributed by atoms with Gasteiger partial charge in [0.2, 0.25) is 0 Å². The molecular formula is C18H21N5. The molecule has 1 aromatic carbocycles. The molecule has 5 heteroatoms. The summed E-state index contributed by atoms with van der Waals surface area (Å²) in [5.41, 5.74) is 4.05. The fourth-order valence-electron chi connectivity index (χ4n) is 2.64. The zero-order chi connectivity index (χ0) is 16.4. The Morgan fingerprint density at radius 3 is 2.78 bits per heavy atom. The van der Waals surface area contributed by atoms with Crippen molar-refractivity contribution in [3.8, 4) is 5.82 Å². The van der Waals surface area contributed by atoms with E-state index in [1.807, 2.05) is 30.3 Å². The number of aromatic nitrogens is 4. The molecule has 0 bridgehead atoms. The van der Waals surface area contributed by atoms with E-state index in [0.29, 0.717) is 0 Å². The summed E-state index contributed by atoms with van der Waals surface area (Å²) in [6.07, 6.45) is 2.76. The summed E-state index contributed by atoms with van der Waals surface area (Å²) in [6, 6.07) is 10.2. The second-order valence-electron chi connectivity index (χ2n) is 5.75. The first-order valence-electron chi connectivity index (χ1n) is 7.87. The van der Waals surface area contributed by atoms with Gasteiger partial charge in [0.25, 0.3) is 0 Å². The molecule has 2 heterocycles. The third-order valence-electron chi connectivity index (χ3n) is 3.71. The maximum absolute atomic E-state index is 4.76. The van der Waals surface area contributed by atoms with Gasteiger partial charge in [-0.15, -0.1) is 5.10 Å². The van der Waals surface area contributed by atoms with Gasteiger partial charge in [0.15, 0.2) is 5.82 Å². The highest BCUT2D eigenvalue weighted by Gasteiger charge is 2.14. The number of fused-ring (bicyclic) bond motifs is 1. The van der Waals surface area contributed by atoms with Crippen molar-refractivity contribution in [1.29, 1.82) is 0 Å². The molecule has 1 N–H and O–H groups in total. The molecule has 23 heavy (non-hydrogen) atoms. The summed E-state index contributed by atoms with van der Waals surface area (Å²) in [5.74, 6) is 1.60. The van der Waals surface area contributed by atoms with Gasteiger partial charge in [-0.3, -0.25) is 0 Å². The smallest absolute Gasteiger partial charge is 0.158 e.